The molecule has 1 saturated heterocycles. The Morgan fingerprint density at radius 3 is 2.70 bits per heavy atom. The van der Waals surface area contributed by atoms with Crippen molar-refractivity contribution in [1.82, 2.24) is 15.5 Å². The minimum atomic E-state index is 0. The molecule has 120 valence electrons. The second-order valence-electron chi connectivity index (χ2n) is 5.59. The number of hydrogen-bond acceptors (Lipinski definition) is 4. The van der Waals surface area contributed by atoms with Gasteiger partial charge in [0.05, 0.1) is 17.1 Å². The molecule has 2 aromatic carbocycles. The van der Waals surface area contributed by atoms with E-state index in [0.717, 1.165) is 47.3 Å². The van der Waals surface area contributed by atoms with Crippen LogP contribution in [0.25, 0.3) is 22.0 Å². The normalized spacial score (nSPS) is 17.1. The van der Waals surface area contributed by atoms with Gasteiger partial charge >= 0.3 is 0 Å². The predicted octanol–water partition coefficient (Wildman–Crippen LogP) is 3.10. The average molecular weight is 332 g/mol. The summed E-state index contributed by atoms with van der Waals surface area (Å²) in [6.45, 7) is 1.87. The van der Waals surface area contributed by atoms with E-state index < -0.39 is 0 Å². The fraction of sp³-hybridized carbons (Fsp3) is 0.235. The number of rotatable bonds is 3. The number of aromatic amines is 1. The minimum Gasteiger partial charge on any atom is -0.508 e. The molecule has 1 fully saturated rings. The van der Waals surface area contributed by atoms with Gasteiger partial charge in [-0.05, 0) is 48.4 Å². The zero-order chi connectivity index (χ0) is 14.9. The Hall–Kier alpha value is -2.24. The highest BCUT2D eigenvalue weighted by Gasteiger charge is 2.18. The van der Waals surface area contributed by atoms with E-state index in [9.17, 15) is 5.11 Å². The summed E-state index contributed by atoms with van der Waals surface area (Å²) in [6, 6.07) is 11.3. The number of nitrogens with zero attached hydrogens (tertiary/aromatic N) is 1. The van der Waals surface area contributed by atoms with Crippen molar-refractivity contribution in [2.24, 2.45) is 0 Å². The van der Waals surface area contributed by atoms with Gasteiger partial charge in [0.15, 0.2) is 0 Å². The molecule has 3 N–H and O–H groups in total. The molecule has 1 atom stereocenters. The summed E-state index contributed by atoms with van der Waals surface area (Å²) in [4.78, 5) is 0. The van der Waals surface area contributed by atoms with Crippen LogP contribution in [0.2, 0.25) is 0 Å². The summed E-state index contributed by atoms with van der Waals surface area (Å²) < 4.78 is 6.16. The van der Waals surface area contributed by atoms with Crippen LogP contribution < -0.4 is 10.1 Å². The lowest BCUT2D eigenvalue weighted by Crippen LogP contribution is -2.19. The van der Waals surface area contributed by atoms with E-state index in [4.69, 9.17) is 4.74 Å². The van der Waals surface area contributed by atoms with Crippen molar-refractivity contribution in [3.05, 3.63) is 42.6 Å². The Kier molecular flexibility index (Phi) is 4.41. The van der Waals surface area contributed by atoms with Gasteiger partial charge in [-0.1, -0.05) is 12.1 Å². The highest BCUT2D eigenvalue weighted by molar-refractivity contribution is 5.89. The first kappa shape index (κ1) is 15.6. The molecule has 6 heteroatoms. The summed E-state index contributed by atoms with van der Waals surface area (Å²) in [6.07, 6.45) is 3.02. The van der Waals surface area contributed by atoms with Gasteiger partial charge in [0.1, 0.15) is 17.6 Å². The van der Waals surface area contributed by atoms with Crippen LogP contribution in [0, 0.1) is 0 Å². The van der Waals surface area contributed by atoms with Crippen molar-refractivity contribution in [3.63, 3.8) is 0 Å². The van der Waals surface area contributed by atoms with Crippen LogP contribution in [0.4, 0.5) is 0 Å². The van der Waals surface area contributed by atoms with Gasteiger partial charge in [0, 0.05) is 6.54 Å². The van der Waals surface area contributed by atoms with Crippen molar-refractivity contribution < 1.29 is 9.84 Å². The quantitative estimate of drug-likeness (QED) is 0.689. The first-order valence-corrected chi connectivity index (χ1v) is 7.43. The summed E-state index contributed by atoms with van der Waals surface area (Å²) in [7, 11) is 0. The standard InChI is InChI=1S/C17H17N3O2.ClH/c21-13-3-1-11(2-4-13)12-7-16-15(10-19-20-16)17(8-12)22-14-5-6-18-9-14;/h1-4,7-8,10,14,18,21H,5-6,9H2,(H,19,20);1H/t14-;/m0./s1. The number of fused-ring (bicyclic) bond motifs is 1. The number of nitrogens with one attached hydrogen (secondary N) is 2. The third-order valence-electron chi connectivity index (χ3n) is 4.03. The Balaban J connectivity index is 0.00000156. The number of H-pyrrole nitrogens is 1. The number of benzene rings is 2. The lowest BCUT2D eigenvalue weighted by atomic mass is 10.0. The van der Waals surface area contributed by atoms with Crippen LogP contribution in [-0.2, 0) is 0 Å². The zero-order valence-electron chi connectivity index (χ0n) is 12.5. The van der Waals surface area contributed by atoms with E-state index in [1.165, 1.54) is 0 Å². The third kappa shape index (κ3) is 3.11. The van der Waals surface area contributed by atoms with Gasteiger partial charge in [-0.25, -0.2) is 0 Å². The summed E-state index contributed by atoms with van der Waals surface area (Å²) >= 11 is 0. The Bertz CT molecular complexity index is 795. The summed E-state index contributed by atoms with van der Waals surface area (Å²) in [5, 5.41) is 20.9. The van der Waals surface area contributed by atoms with Crippen molar-refractivity contribution in [3.8, 4) is 22.6 Å². The molecule has 5 nitrogen and oxygen atoms in total. The van der Waals surface area contributed by atoms with Crippen LogP contribution >= 0.6 is 12.4 Å². The van der Waals surface area contributed by atoms with Crippen LogP contribution in [0.1, 0.15) is 6.42 Å². The van der Waals surface area contributed by atoms with Crippen LogP contribution in [0.3, 0.4) is 0 Å². The molecule has 0 spiro atoms. The van der Waals surface area contributed by atoms with Crippen molar-refractivity contribution in [1.29, 1.82) is 0 Å². The van der Waals surface area contributed by atoms with Gasteiger partial charge < -0.3 is 15.2 Å². The molecule has 0 amide bonds. The first-order valence-electron chi connectivity index (χ1n) is 7.43. The van der Waals surface area contributed by atoms with E-state index in [-0.39, 0.29) is 24.3 Å². The number of aromatic hydroxyl groups is 1. The first-order chi connectivity index (χ1) is 10.8. The van der Waals surface area contributed by atoms with Crippen LogP contribution in [0.5, 0.6) is 11.5 Å². The molecule has 0 unspecified atom stereocenters. The maximum Gasteiger partial charge on any atom is 0.131 e. The van der Waals surface area contributed by atoms with Crippen molar-refractivity contribution in [2.75, 3.05) is 13.1 Å². The number of hydrogen-bond donors (Lipinski definition) is 3. The molecule has 3 aromatic rings. The van der Waals surface area contributed by atoms with E-state index in [0.29, 0.717) is 0 Å². The second kappa shape index (κ2) is 6.48. The molecule has 23 heavy (non-hydrogen) atoms. The fourth-order valence-electron chi connectivity index (χ4n) is 2.85. The lowest BCUT2D eigenvalue weighted by molar-refractivity contribution is 0.226. The van der Waals surface area contributed by atoms with Crippen molar-refractivity contribution in [2.45, 2.75) is 12.5 Å². The summed E-state index contributed by atoms with van der Waals surface area (Å²) in [5.74, 6) is 1.11. The van der Waals surface area contributed by atoms with E-state index in [1.807, 2.05) is 18.2 Å². The molecule has 1 aliphatic rings. The highest BCUT2D eigenvalue weighted by atomic mass is 35.5. The zero-order valence-corrected chi connectivity index (χ0v) is 13.3. The Morgan fingerprint density at radius 2 is 1.96 bits per heavy atom. The largest absolute Gasteiger partial charge is 0.508 e. The van der Waals surface area contributed by atoms with Gasteiger partial charge in [0.25, 0.3) is 0 Å². The number of halogens is 1. The van der Waals surface area contributed by atoms with E-state index in [2.05, 4.69) is 21.6 Å². The molecular formula is C17H18ClN3O2. The molecule has 0 saturated carbocycles. The molecule has 0 bridgehead atoms. The second-order valence-corrected chi connectivity index (χ2v) is 5.59. The molecule has 1 aromatic heterocycles. The van der Waals surface area contributed by atoms with Gasteiger partial charge in [-0.2, -0.15) is 5.10 Å². The monoisotopic (exact) mass is 331 g/mol. The van der Waals surface area contributed by atoms with Crippen molar-refractivity contribution >= 4 is 23.3 Å². The molecule has 4 rings (SSSR count). The minimum absolute atomic E-state index is 0. The van der Waals surface area contributed by atoms with Gasteiger partial charge in [-0.3, -0.25) is 5.10 Å². The summed E-state index contributed by atoms with van der Waals surface area (Å²) in [5.41, 5.74) is 3.02. The van der Waals surface area contributed by atoms with E-state index >= 15 is 0 Å². The Labute approximate surface area is 140 Å². The van der Waals surface area contributed by atoms with Crippen LogP contribution in [-0.4, -0.2) is 34.5 Å². The number of phenols is 1. The molecule has 0 aliphatic carbocycles. The van der Waals surface area contributed by atoms with Crippen LogP contribution in [0.15, 0.2) is 42.6 Å². The van der Waals surface area contributed by atoms with Gasteiger partial charge in [-0.15, -0.1) is 12.4 Å². The maximum absolute atomic E-state index is 9.44. The average Bonchev–Trinajstić information content (AvgIpc) is 3.19. The smallest absolute Gasteiger partial charge is 0.131 e. The number of aromatic nitrogens is 2. The van der Waals surface area contributed by atoms with E-state index in [1.54, 1.807) is 18.3 Å². The topological polar surface area (TPSA) is 70.2 Å². The SMILES string of the molecule is Cl.Oc1ccc(-c2cc(O[C@H]3CCNC3)c3cn[nH]c3c2)cc1. The Morgan fingerprint density at radius 1 is 1.13 bits per heavy atom. The van der Waals surface area contributed by atoms with Gasteiger partial charge in [0.2, 0.25) is 0 Å². The lowest BCUT2D eigenvalue weighted by Gasteiger charge is -2.14. The number of ether oxygens (including phenoxy) is 1. The number of phenolic OH excluding ortho intramolecular Hbond substituents is 1. The molecular weight excluding hydrogens is 314 g/mol. The predicted molar refractivity (Wildman–Crippen MR) is 92.3 cm³/mol. The molecule has 2 heterocycles. The maximum atomic E-state index is 9.44. The third-order valence-corrected chi connectivity index (χ3v) is 4.03. The fourth-order valence-corrected chi connectivity index (χ4v) is 2.85. The molecule has 0 radical (unpaired) electrons. The molecule has 1 aliphatic heterocycles. The highest BCUT2D eigenvalue weighted by Crippen LogP contribution is 2.33.